The fraction of sp³-hybridized carbons (Fsp3) is 0.902. The average Bonchev–Trinajstić information content (AvgIpc) is 3.12. The first-order valence-electron chi connectivity index (χ1n) is 21.2. The molecule has 2 aliphatic heterocycles. The van der Waals surface area contributed by atoms with Crippen LogP contribution in [0.15, 0.2) is 0 Å². The summed E-state index contributed by atoms with van der Waals surface area (Å²) in [6.45, 7) is 20.4. The van der Waals surface area contributed by atoms with E-state index in [4.69, 9.17) is 22.9 Å². The molecule has 0 aromatic rings. The highest BCUT2D eigenvalue weighted by molar-refractivity contribution is 5.77. The second-order valence-corrected chi connectivity index (χ2v) is 18.6. The number of amides is 4. The molecule has 0 aromatic carbocycles. The predicted molar refractivity (Wildman–Crippen MR) is 223 cm³/mol. The van der Waals surface area contributed by atoms with Crippen LogP contribution in [0.1, 0.15) is 152 Å². The lowest BCUT2D eigenvalue weighted by Crippen LogP contribution is -2.54. The van der Waals surface area contributed by atoms with Crippen molar-refractivity contribution >= 4 is 23.6 Å². The van der Waals surface area contributed by atoms with E-state index in [-0.39, 0.29) is 41.1 Å². The van der Waals surface area contributed by atoms with Crippen LogP contribution in [0.5, 0.6) is 0 Å². The maximum absolute atomic E-state index is 13.2. The van der Waals surface area contributed by atoms with Crippen LogP contribution in [-0.4, -0.2) is 119 Å². The fourth-order valence-corrected chi connectivity index (χ4v) is 7.95. The Morgan fingerprint density at radius 3 is 1.22 bits per heavy atom. The first-order chi connectivity index (χ1) is 25.5. The molecule has 12 N–H and O–H groups in total. The topological polar surface area (TPSA) is 227 Å². The van der Waals surface area contributed by atoms with E-state index in [2.05, 4.69) is 58.8 Å². The third-order valence-electron chi connectivity index (χ3n) is 13.0. The van der Waals surface area contributed by atoms with Crippen LogP contribution < -0.4 is 44.2 Å². The molecule has 320 valence electrons. The van der Waals surface area contributed by atoms with Gasteiger partial charge in [-0.05, 0) is 105 Å². The van der Waals surface area contributed by atoms with Gasteiger partial charge in [0.1, 0.15) is 0 Å². The molecule has 0 spiro atoms. The summed E-state index contributed by atoms with van der Waals surface area (Å²) in [6, 6.07) is 0. The number of hydrogen-bond donors (Lipinski definition) is 8. The van der Waals surface area contributed by atoms with Crippen molar-refractivity contribution in [1.29, 1.82) is 0 Å². The Labute approximate surface area is 333 Å². The highest BCUT2D eigenvalue weighted by Crippen LogP contribution is 2.36. The van der Waals surface area contributed by atoms with E-state index in [9.17, 15) is 19.2 Å². The van der Waals surface area contributed by atoms with Gasteiger partial charge in [-0.15, -0.1) is 0 Å². The summed E-state index contributed by atoms with van der Waals surface area (Å²) >= 11 is 0. The summed E-state index contributed by atoms with van der Waals surface area (Å²) in [5.41, 5.74) is 23.5. The van der Waals surface area contributed by atoms with Crippen LogP contribution in [0.25, 0.3) is 0 Å². The lowest BCUT2D eigenvalue weighted by atomic mass is 9.79. The molecule has 5 unspecified atom stereocenters. The zero-order chi connectivity index (χ0) is 41.6. The van der Waals surface area contributed by atoms with Gasteiger partial charge in [0.2, 0.25) is 23.6 Å². The molecule has 2 fully saturated rings. The Hall–Kier alpha value is -2.36. The Kier molecular flexibility index (Phi) is 19.0. The van der Waals surface area contributed by atoms with Crippen molar-refractivity contribution in [2.45, 2.75) is 185 Å². The predicted octanol–water partition coefficient (Wildman–Crippen LogP) is 2.36. The molecular formula is C41H82N10O4. The zero-order valence-corrected chi connectivity index (χ0v) is 36.1. The largest absolute Gasteiger partial charge is 0.356 e. The minimum absolute atomic E-state index is 0.0275. The minimum Gasteiger partial charge on any atom is -0.356 e. The van der Waals surface area contributed by atoms with Crippen LogP contribution in [0.2, 0.25) is 0 Å². The van der Waals surface area contributed by atoms with Gasteiger partial charge in [-0.25, -0.2) is 0 Å². The molecule has 0 aliphatic carbocycles. The van der Waals surface area contributed by atoms with Gasteiger partial charge in [0.05, 0.1) is 0 Å². The maximum atomic E-state index is 13.2. The first-order valence-corrected chi connectivity index (χ1v) is 21.2. The average molecular weight is 779 g/mol. The summed E-state index contributed by atoms with van der Waals surface area (Å²) in [4.78, 5) is 57.4. The molecule has 0 aromatic heterocycles. The van der Waals surface area contributed by atoms with Gasteiger partial charge in [-0.1, -0.05) is 20.8 Å². The highest BCUT2D eigenvalue weighted by Gasteiger charge is 2.39. The zero-order valence-electron chi connectivity index (χ0n) is 36.1. The number of nitrogens with one attached hydrogen (secondary N) is 4. The molecular weight excluding hydrogens is 697 g/mol. The lowest BCUT2D eigenvalue weighted by Gasteiger charge is -2.48. The first kappa shape index (κ1) is 48.8. The Balaban J connectivity index is 2.33. The number of nitrogens with two attached hydrogens (primary N) is 4. The Morgan fingerprint density at radius 2 is 0.855 bits per heavy atom. The molecule has 2 rings (SSSR count). The third-order valence-corrected chi connectivity index (χ3v) is 13.0. The van der Waals surface area contributed by atoms with E-state index >= 15 is 0 Å². The van der Waals surface area contributed by atoms with E-state index in [0.29, 0.717) is 110 Å². The van der Waals surface area contributed by atoms with Crippen LogP contribution in [-0.2, 0) is 19.2 Å². The molecule has 0 bridgehead atoms. The molecule has 4 amide bonds. The third kappa shape index (κ3) is 17.3. The van der Waals surface area contributed by atoms with Gasteiger partial charge in [0.15, 0.2) is 0 Å². The van der Waals surface area contributed by atoms with Crippen LogP contribution in [0, 0.1) is 0 Å². The molecule has 55 heavy (non-hydrogen) atoms. The smallest absolute Gasteiger partial charge is 0.221 e. The quantitative estimate of drug-likeness (QED) is 0.180. The van der Waals surface area contributed by atoms with Crippen LogP contribution >= 0.6 is 0 Å². The van der Waals surface area contributed by atoms with Crippen molar-refractivity contribution in [3.63, 3.8) is 0 Å². The second kappa shape index (κ2) is 21.4. The number of hydrogen-bond acceptors (Lipinski definition) is 10. The monoisotopic (exact) mass is 779 g/mol. The summed E-state index contributed by atoms with van der Waals surface area (Å²) in [7, 11) is 0. The number of nitrogens with zero attached hydrogens (tertiary/aromatic N) is 2. The maximum Gasteiger partial charge on any atom is 0.221 e. The molecule has 2 saturated heterocycles. The second-order valence-electron chi connectivity index (χ2n) is 18.6. The molecule has 2 aliphatic rings. The normalized spacial score (nSPS) is 32.1. The molecule has 14 nitrogen and oxygen atoms in total. The number of rotatable bonds is 8. The molecule has 5 atom stereocenters. The standard InChI is InChI=1S/C41H82N10O4/c1-9-40(8,50-26-12-32(52)46-24-22-36(4,42)16-18-38(6,44)30-48-34(54)13-27-50)20-21-41(10-2,11-3)51-28-14-33(53)47-25-23-37(5,43)17-19-39(7,45)31-49-35(55)15-29-51/h9-31,42-45H2,1-8H3,(H,46,52)(H,47,53)(H,48,54)(H,49,55). The van der Waals surface area contributed by atoms with Crippen molar-refractivity contribution in [2.75, 3.05) is 52.4 Å². The number of carbonyl (C=O) groups excluding carboxylic acids is 4. The van der Waals surface area contributed by atoms with Crippen molar-refractivity contribution in [1.82, 2.24) is 31.1 Å². The minimum atomic E-state index is -0.601. The van der Waals surface area contributed by atoms with Crippen molar-refractivity contribution in [3.05, 3.63) is 0 Å². The summed E-state index contributed by atoms with van der Waals surface area (Å²) < 4.78 is 0. The van der Waals surface area contributed by atoms with E-state index in [1.807, 2.05) is 27.7 Å². The summed E-state index contributed by atoms with van der Waals surface area (Å²) in [5.74, 6) is -0.188. The molecule has 14 heteroatoms. The summed E-state index contributed by atoms with van der Waals surface area (Å²) in [6.07, 6.45) is 9.25. The van der Waals surface area contributed by atoms with E-state index in [1.165, 1.54) is 0 Å². The fourth-order valence-electron chi connectivity index (χ4n) is 7.95. The van der Waals surface area contributed by atoms with Crippen molar-refractivity contribution in [2.24, 2.45) is 22.9 Å². The number of carbonyl (C=O) groups is 4. The SMILES string of the molecule is CCC(C)(CCC(CC)(CC)N1CCC(=O)NCCC(C)(N)CCC(C)(N)CNC(=O)CC1)N1CCC(=O)NCCC(C)(N)CCC(C)(N)CNC(=O)CC1. The lowest BCUT2D eigenvalue weighted by molar-refractivity contribution is -0.124. The van der Waals surface area contributed by atoms with Gasteiger partial charge >= 0.3 is 0 Å². The van der Waals surface area contributed by atoms with Gasteiger partial charge < -0.3 is 44.2 Å². The van der Waals surface area contributed by atoms with Crippen molar-refractivity contribution < 1.29 is 19.2 Å². The van der Waals surface area contributed by atoms with E-state index < -0.39 is 22.2 Å². The van der Waals surface area contributed by atoms with Gasteiger partial charge in [-0.2, -0.15) is 0 Å². The summed E-state index contributed by atoms with van der Waals surface area (Å²) in [5, 5.41) is 12.3. The van der Waals surface area contributed by atoms with Gasteiger partial charge in [-0.3, -0.25) is 29.0 Å². The Bertz CT molecular complexity index is 1240. The van der Waals surface area contributed by atoms with Crippen molar-refractivity contribution in [3.8, 4) is 0 Å². The van der Waals surface area contributed by atoms with Crippen LogP contribution in [0.3, 0.4) is 0 Å². The Morgan fingerprint density at radius 1 is 0.509 bits per heavy atom. The van der Waals surface area contributed by atoms with Crippen LogP contribution in [0.4, 0.5) is 0 Å². The van der Waals surface area contributed by atoms with Gasteiger partial charge in [0, 0.05) is 111 Å². The molecule has 0 saturated carbocycles. The molecule has 0 radical (unpaired) electrons. The van der Waals surface area contributed by atoms with E-state index in [1.54, 1.807) is 0 Å². The van der Waals surface area contributed by atoms with E-state index in [0.717, 1.165) is 32.1 Å². The van der Waals surface area contributed by atoms with Gasteiger partial charge in [0.25, 0.3) is 0 Å². The molecule has 2 heterocycles. The highest BCUT2D eigenvalue weighted by atomic mass is 16.2.